The molecule has 0 aliphatic heterocycles. The minimum atomic E-state index is -1.26. The van der Waals surface area contributed by atoms with E-state index >= 15 is 0 Å². The molecule has 7 nitrogen and oxygen atoms in total. The average molecular weight is 265 g/mol. The Bertz CT molecular complexity index is 597. The molecule has 0 aromatic carbocycles. The van der Waals surface area contributed by atoms with E-state index in [1.165, 1.54) is 11.3 Å². The lowest BCUT2D eigenvalue weighted by Crippen LogP contribution is -2.03. The molecule has 0 spiro atoms. The van der Waals surface area contributed by atoms with E-state index in [0.29, 0.717) is 5.69 Å². The van der Waals surface area contributed by atoms with Crippen molar-refractivity contribution in [1.29, 1.82) is 0 Å². The molecule has 0 saturated carbocycles. The monoisotopic (exact) mass is 265 g/mol. The van der Waals surface area contributed by atoms with Crippen molar-refractivity contribution >= 4 is 34.5 Å². The maximum absolute atomic E-state index is 10.9. The Hall–Kier alpha value is -2.48. The third kappa shape index (κ3) is 2.43. The number of hydrogen-bond acceptors (Lipinski definition) is 6. The van der Waals surface area contributed by atoms with Gasteiger partial charge in [0.15, 0.2) is 0 Å². The third-order valence-corrected chi connectivity index (χ3v) is 2.78. The van der Waals surface area contributed by atoms with Crippen LogP contribution in [0, 0.1) is 10.1 Å². The molecule has 18 heavy (non-hydrogen) atoms. The number of aromatic carboxylic acids is 1. The summed E-state index contributed by atoms with van der Waals surface area (Å²) in [4.78, 5) is 24.7. The van der Waals surface area contributed by atoms with Gasteiger partial charge in [-0.2, -0.15) is 11.3 Å². The van der Waals surface area contributed by atoms with Crippen LogP contribution in [0.5, 0.6) is 0 Å². The van der Waals surface area contributed by atoms with Gasteiger partial charge in [0.2, 0.25) is 5.82 Å². The van der Waals surface area contributed by atoms with Crippen LogP contribution in [0.3, 0.4) is 0 Å². The molecule has 0 unspecified atom stereocenters. The van der Waals surface area contributed by atoms with Crippen LogP contribution in [0.4, 0.5) is 17.2 Å². The summed E-state index contributed by atoms with van der Waals surface area (Å²) in [6, 6.07) is 2.71. The quantitative estimate of drug-likeness (QED) is 0.649. The Kier molecular flexibility index (Phi) is 3.20. The van der Waals surface area contributed by atoms with E-state index in [9.17, 15) is 14.9 Å². The number of carboxylic acid groups (broad SMARTS) is 1. The lowest BCUT2D eigenvalue weighted by atomic mass is 10.2. The summed E-state index contributed by atoms with van der Waals surface area (Å²) < 4.78 is 0. The molecule has 0 atom stereocenters. The standard InChI is InChI=1S/C10H7N3O4S/c14-10(15)6-3-8(13(16)17)9(11-4-6)12-7-1-2-18-5-7/h1-5H,(H,11,12)(H,14,15). The van der Waals surface area contributed by atoms with Crippen LogP contribution in [0.1, 0.15) is 10.4 Å². The van der Waals surface area contributed by atoms with Gasteiger partial charge < -0.3 is 10.4 Å². The number of carboxylic acids is 1. The van der Waals surface area contributed by atoms with Crippen molar-refractivity contribution in [3.63, 3.8) is 0 Å². The average Bonchev–Trinajstić information content (AvgIpc) is 2.81. The van der Waals surface area contributed by atoms with Gasteiger partial charge in [-0.25, -0.2) is 9.78 Å². The first-order valence-electron chi connectivity index (χ1n) is 4.75. The summed E-state index contributed by atoms with van der Waals surface area (Å²) in [6.07, 6.45) is 1.07. The number of anilines is 2. The van der Waals surface area contributed by atoms with Gasteiger partial charge in [0, 0.05) is 17.6 Å². The van der Waals surface area contributed by atoms with E-state index in [1.807, 2.05) is 0 Å². The van der Waals surface area contributed by atoms with E-state index in [2.05, 4.69) is 10.3 Å². The van der Waals surface area contributed by atoms with Crippen molar-refractivity contribution in [3.05, 3.63) is 44.8 Å². The Labute approximate surface area is 105 Å². The zero-order valence-electron chi connectivity index (χ0n) is 8.86. The van der Waals surface area contributed by atoms with Gasteiger partial charge in [-0.1, -0.05) is 0 Å². The fourth-order valence-electron chi connectivity index (χ4n) is 1.28. The number of nitro groups is 1. The molecule has 92 valence electrons. The molecule has 0 radical (unpaired) electrons. The number of thiophene rings is 1. The summed E-state index contributed by atoms with van der Waals surface area (Å²) in [5.41, 5.74) is 0.0670. The van der Waals surface area contributed by atoms with Crippen LogP contribution in [0.2, 0.25) is 0 Å². The second-order valence-electron chi connectivity index (χ2n) is 3.29. The van der Waals surface area contributed by atoms with Crippen LogP contribution in [0.15, 0.2) is 29.1 Å². The van der Waals surface area contributed by atoms with E-state index < -0.39 is 10.9 Å². The van der Waals surface area contributed by atoms with Gasteiger partial charge in [0.1, 0.15) is 0 Å². The molecule has 0 aliphatic rings. The maximum Gasteiger partial charge on any atom is 0.337 e. The van der Waals surface area contributed by atoms with E-state index in [1.54, 1.807) is 16.8 Å². The second-order valence-corrected chi connectivity index (χ2v) is 4.07. The number of pyridine rings is 1. The number of hydrogen-bond donors (Lipinski definition) is 2. The molecule has 2 N–H and O–H groups in total. The molecular weight excluding hydrogens is 258 g/mol. The molecule has 2 heterocycles. The summed E-state index contributed by atoms with van der Waals surface area (Å²) in [6.45, 7) is 0. The van der Waals surface area contributed by atoms with Gasteiger partial charge in [-0.15, -0.1) is 0 Å². The topological polar surface area (TPSA) is 105 Å². The fourth-order valence-corrected chi connectivity index (χ4v) is 1.87. The molecule has 0 saturated heterocycles. The number of aromatic nitrogens is 1. The molecule has 0 bridgehead atoms. The summed E-state index contributed by atoms with van der Waals surface area (Å²) in [7, 11) is 0. The molecule has 8 heteroatoms. The minimum absolute atomic E-state index is 0.0170. The van der Waals surface area contributed by atoms with Crippen LogP contribution in [-0.4, -0.2) is 21.0 Å². The van der Waals surface area contributed by atoms with Crippen LogP contribution in [-0.2, 0) is 0 Å². The first-order valence-corrected chi connectivity index (χ1v) is 5.69. The lowest BCUT2D eigenvalue weighted by molar-refractivity contribution is -0.384. The smallest absolute Gasteiger partial charge is 0.337 e. The minimum Gasteiger partial charge on any atom is -0.478 e. The largest absolute Gasteiger partial charge is 0.478 e. The van der Waals surface area contributed by atoms with Gasteiger partial charge in [0.05, 0.1) is 16.2 Å². The lowest BCUT2D eigenvalue weighted by Gasteiger charge is -2.04. The first kappa shape index (κ1) is 12.0. The Morgan fingerprint density at radius 1 is 1.56 bits per heavy atom. The predicted octanol–water partition coefficient (Wildman–Crippen LogP) is 2.49. The highest BCUT2D eigenvalue weighted by molar-refractivity contribution is 7.08. The molecule has 2 aromatic rings. The normalized spacial score (nSPS) is 10.0. The van der Waals surface area contributed by atoms with Crippen molar-refractivity contribution < 1.29 is 14.8 Å². The molecule has 2 rings (SSSR count). The highest BCUT2D eigenvalue weighted by atomic mass is 32.1. The summed E-state index contributed by atoms with van der Waals surface area (Å²) in [5, 5.41) is 25.9. The molecular formula is C10H7N3O4S. The van der Waals surface area contributed by atoms with Crippen LogP contribution in [0.25, 0.3) is 0 Å². The summed E-state index contributed by atoms with van der Waals surface area (Å²) in [5.74, 6) is -1.24. The zero-order valence-corrected chi connectivity index (χ0v) is 9.68. The first-order chi connectivity index (χ1) is 8.58. The van der Waals surface area contributed by atoms with E-state index in [4.69, 9.17) is 5.11 Å². The van der Waals surface area contributed by atoms with Crippen LogP contribution < -0.4 is 5.32 Å². The molecule has 0 fully saturated rings. The SMILES string of the molecule is O=C(O)c1cnc(Nc2ccsc2)c([N+](=O)[O-])c1. The van der Waals surface area contributed by atoms with E-state index in [-0.39, 0.29) is 17.1 Å². The van der Waals surface area contributed by atoms with Gasteiger partial charge >= 0.3 is 11.7 Å². The van der Waals surface area contributed by atoms with Crippen molar-refractivity contribution in [3.8, 4) is 0 Å². The zero-order chi connectivity index (χ0) is 13.1. The summed E-state index contributed by atoms with van der Waals surface area (Å²) >= 11 is 1.43. The maximum atomic E-state index is 10.9. The van der Waals surface area contributed by atoms with Crippen molar-refractivity contribution in [2.45, 2.75) is 0 Å². The molecule has 0 aliphatic carbocycles. The van der Waals surface area contributed by atoms with Crippen molar-refractivity contribution in [1.82, 2.24) is 4.98 Å². The number of nitrogens with zero attached hydrogens (tertiary/aromatic N) is 2. The number of carbonyl (C=O) groups is 1. The third-order valence-electron chi connectivity index (χ3n) is 2.10. The predicted molar refractivity (Wildman–Crippen MR) is 65.5 cm³/mol. The molecule has 0 amide bonds. The van der Waals surface area contributed by atoms with Gasteiger partial charge in [-0.05, 0) is 11.4 Å². The van der Waals surface area contributed by atoms with Crippen molar-refractivity contribution in [2.24, 2.45) is 0 Å². The van der Waals surface area contributed by atoms with Gasteiger partial charge in [-0.3, -0.25) is 10.1 Å². The van der Waals surface area contributed by atoms with Gasteiger partial charge in [0.25, 0.3) is 0 Å². The van der Waals surface area contributed by atoms with Crippen LogP contribution >= 0.6 is 11.3 Å². The highest BCUT2D eigenvalue weighted by Crippen LogP contribution is 2.27. The van der Waals surface area contributed by atoms with Crippen molar-refractivity contribution in [2.75, 3.05) is 5.32 Å². The number of nitrogens with one attached hydrogen (secondary N) is 1. The molecule has 2 aromatic heterocycles. The Morgan fingerprint density at radius 2 is 2.33 bits per heavy atom. The fraction of sp³-hybridized carbons (Fsp3) is 0. The number of rotatable bonds is 4. The second kappa shape index (κ2) is 4.80. The Balaban J connectivity index is 2.40. The van der Waals surface area contributed by atoms with E-state index in [0.717, 1.165) is 12.3 Å². The Morgan fingerprint density at radius 3 is 2.89 bits per heavy atom. The highest BCUT2D eigenvalue weighted by Gasteiger charge is 2.19.